The molecule has 0 saturated carbocycles. The van der Waals surface area contributed by atoms with Crippen molar-refractivity contribution in [2.75, 3.05) is 7.05 Å². The van der Waals surface area contributed by atoms with E-state index in [1.807, 2.05) is 31.4 Å². The number of thiazole rings is 1. The summed E-state index contributed by atoms with van der Waals surface area (Å²) in [6, 6.07) is 5.96. The molecule has 0 spiro atoms. The number of pyridine rings is 1. The molecule has 2 heterocycles. The maximum Gasteiger partial charge on any atom is 0.0988 e. The molecule has 0 unspecified atom stereocenters. The fourth-order valence-electron chi connectivity index (χ4n) is 1.35. The summed E-state index contributed by atoms with van der Waals surface area (Å²) >= 11 is 1.69. The molecule has 0 aliphatic carbocycles. The van der Waals surface area contributed by atoms with E-state index in [1.54, 1.807) is 11.3 Å². The molecule has 2 aromatic heterocycles. The largest absolute Gasteiger partial charge is 0.314 e. The molecule has 0 radical (unpaired) electrons. The topological polar surface area (TPSA) is 37.8 Å². The summed E-state index contributed by atoms with van der Waals surface area (Å²) in [4.78, 5) is 8.79. The van der Waals surface area contributed by atoms with Crippen molar-refractivity contribution in [1.82, 2.24) is 15.3 Å². The average Bonchev–Trinajstić information content (AvgIpc) is 2.68. The number of hydrogen-bond acceptors (Lipinski definition) is 4. The van der Waals surface area contributed by atoms with Crippen LogP contribution >= 0.6 is 11.3 Å². The number of hydrogen-bond donors (Lipinski definition) is 1. The summed E-state index contributed by atoms with van der Waals surface area (Å²) in [7, 11) is 1.93. The van der Waals surface area contributed by atoms with Gasteiger partial charge in [-0.25, -0.2) is 4.98 Å². The molecule has 4 heteroatoms. The first-order valence-corrected chi connectivity index (χ1v) is 5.74. The van der Waals surface area contributed by atoms with E-state index in [1.165, 1.54) is 0 Å². The zero-order chi connectivity index (χ0) is 10.5. The number of nitrogens with zero attached hydrogens (tertiary/aromatic N) is 2. The van der Waals surface area contributed by atoms with Gasteiger partial charge in [0.2, 0.25) is 0 Å². The molecule has 0 aliphatic heterocycles. The summed E-state index contributed by atoms with van der Waals surface area (Å²) < 4.78 is 0. The van der Waals surface area contributed by atoms with Gasteiger partial charge in [0.15, 0.2) is 0 Å². The molecule has 2 aromatic rings. The Hall–Kier alpha value is -1.26. The van der Waals surface area contributed by atoms with Crippen molar-refractivity contribution in [2.24, 2.45) is 0 Å². The van der Waals surface area contributed by atoms with E-state index < -0.39 is 0 Å². The molecule has 0 aromatic carbocycles. The van der Waals surface area contributed by atoms with Gasteiger partial charge in [-0.1, -0.05) is 6.07 Å². The van der Waals surface area contributed by atoms with Crippen LogP contribution < -0.4 is 5.32 Å². The lowest BCUT2D eigenvalue weighted by Gasteiger charge is -1.95. The van der Waals surface area contributed by atoms with Crippen LogP contribution in [0.4, 0.5) is 0 Å². The van der Waals surface area contributed by atoms with Crippen LogP contribution in [0.25, 0.3) is 0 Å². The van der Waals surface area contributed by atoms with E-state index in [4.69, 9.17) is 0 Å². The Kier molecular flexibility index (Phi) is 3.42. The second-order valence-electron chi connectivity index (χ2n) is 3.26. The molecule has 0 amide bonds. The number of nitrogens with one attached hydrogen (secondary N) is 1. The molecular weight excluding hydrogens is 206 g/mol. The van der Waals surface area contributed by atoms with Crippen LogP contribution in [0, 0.1) is 0 Å². The highest BCUT2D eigenvalue weighted by Gasteiger charge is 2.02. The van der Waals surface area contributed by atoms with Gasteiger partial charge < -0.3 is 5.32 Å². The maximum atomic E-state index is 4.51. The average molecular weight is 219 g/mol. The highest BCUT2D eigenvalue weighted by molar-refractivity contribution is 7.09. The molecule has 15 heavy (non-hydrogen) atoms. The van der Waals surface area contributed by atoms with Crippen molar-refractivity contribution in [3.8, 4) is 0 Å². The van der Waals surface area contributed by atoms with E-state index in [0.29, 0.717) is 0 Å². The minimum atomic E-state index is 0.829. The van der Waals surface area contributed by atoms with Gasteiger partial charge in [0.1, 0.15) is 0 Å². The summed E-state index contributed by atoms with van der Waals surface area (Å²) in [6.45, 7) is 0.832. The van der Waals surface area contributed by atoms with E-state index in [2.05, 4.69) is 20.7 Å². The van der Waals surface area contributed by atoms with Gasteiger partial charge in [0.25, 0.3) is 0 Å². The lowest BCUT2D eigenvalue weighted by atomic mass is 10.3. The highest BCUT2D eigenvalue weighted by Crippen LogP contribution is 2.13. The van der Waals surface area contributed by atoms with Crippen LogP contribution in [0.5, 0.6) is 0 Å². The van der Waals surface area contributed by atoms with Gasteiger partial charge in [-0.3, -0.25) is 4.98 Å². The Balaban J connectivity index is 2.05. The Morgan fingerprint density at radius 1 is 1.33 bits per heavy atom. The van der Waals surface area contributed by atoms with Gasteiger partial charge in [-0.2, -0.15) is 0 Å². The Bertz CT molecular complexity index is 411. The third-order valence-electron chi connectivity index (χ3n) is 2.02. The first-order chi connectivity index (χ1) is 7.38. The Morgan fingerprint density at radius 2 is 2.27 bits per heavy atom. The molecule has 1 N–H and O–H groups in total. The minimum Gasteiger partial charge on any atom is -0.314 e. The molecule has 0 aliphatic rings. The van der Waals surface area contributed by atoms with Crippen molar-refractivity contribution < 1.29 is 0 Å². The van der Waals surface area contributed by atoms with Crippen LogP contribution in [0.1, 0.15) is 16.4 Å². The summed E-state index contributed by atoms with van der Waals surface area (Å²) in [5.41, 5.74) is 2.18. The minimum absolute atomic E-state index is 0.829. The maximum absolute atomic E-state index is 4.51. The normalized spacial score (nSPS) is 10.5. The van der Waals surface area contributed by atoms with E-state index >= 15 is 0 Å². The van der Waals surface area contributed by atoms with Crippen LogP contribution in [-0.2, 0) is 13.0 Å². The van der Waals surface area contributed by atoms with Crippen molar-refractivity contribution in [1.29, 1.82) is 0 Å². The predicted octanol–water partition coefficient (Wildman–Crippen LogP) is 1.85. The van der Waals surface area contributed by atoms with Crippen molar-refractivity contribution in [2.45, 2.75) is 13.0 Å². The smallest absolute Gasteiger partial charge is 0.0988 e. The second-order valence-corrected chi connectivity index (χ2v) is 4.20. The quantitative estimate of drug-likeness (QED) is 0.852. The van der Waals surface area contributed by atoms with Gasteiger partial charge >= 0.3 is 0 Å². The molecule has 0 fully saturated rings. The van der Waals surface area contributed by atoms with Gasteiger partial charge in [0, 0.05) is 30.2 Å². The van der Waals surface area contributed by atoms with Gasteiger partial charge in [-0.15, -0.1) is 11.3 Å². The third-order valence-corrected chi connectivity index (χ3v) is 2.91. The van der Waals surface area contributed by atoms with Crippen molar-refractivity contribution in [3.63, 3.8) is 0 Å². The van der Waals surface area contributed by atoms with Crippen LogP contribution in [0.15, 0.2) is 29.8 Å². The monoisotopic (exact) mass is 219 g/mol. The molecule has 0 atom stereocenters. The molecule has 2 rings (SSSR count). The third kappa shape index (κ3) is 2.84. The fraction of sp³-hybridized carbons (Fsp3) is 0.273. The number of aromatic nitrogens is 2. The standard InChI is InChI=1S/C11H13N3S/c1-12-7-10-8-15-11(14-10)6-9-4-2-3-5-13-9/h2-5,8,12H,6-7H2,1H3. The Labute approximate surface area is 93.2 Å². The van der Waals surface area contributed by atoms with E-state index in [-0.39, 0.29) is 0 Å². The SMILES string of the molecule is CNCc1csc(Cc2ccccn2)n1. The molecular formula is C11H13N3S. The van der Waals surface area contributed by atoms with Crippen molar-refractivity contribution in [3.05, 3.63) is 46.2 Å². The molecule has 0 bridgehead atoms. The zero-order valence-corrected chi connectivity index (χ0v) is 9.42. The van der Waals surface area contributed by atoms with Crippen LogP contribution in [-0.4, -0.2) is 17.0 Å². The highest BCUT2D eigenvalue weighted by atomic mass is 32.1. The lowest BCUT2D eigenvalue weighted by Crippen LogP contribution is -2.05. The second kappa shape index (κ2) is 5.00. The number of rotatable bonds is 4. The summed E-state index contributed by atoms with van der Waals surface area (Å²) in [6.07, 6.45) is 2.65. The van der Waals surface area contributed by atoms with Crippen molar-refractivity contribution >= 4 is 11.3 Å². The first kappa shape index (κ1) is 10.3. The predicted molar refractivity (Wildman–Crippen MR) is 61.9 cm³/mol. The van der Waals surface area contributed by atoms with E-state index in [9.17, 15) is 0 Å². The molecule has 3 nitrogen and oxygen atoms in total. The van der Waals surface area contributed by atoms with Gasteiger partial charge in [0.05, 0.1) is 10.7 Å². The molecule has 78 valence electrons. The zero-order valence-electron chi connectivity index (χ0n) is 8.60. The Morgan fingerprint density at radius 3 is 3.00 bits per heavy atom. The van der Waals surface area contributed by atoms with Crippen LogP contribution in [0.3, 0.4) is 0 Å². The lowest BCUT2D eigenvalue weighted by molar-refractivity contribution is 0.792. The fourth-order valence-corrected chi connectivity index (χ4v) is 2.16. The first-order valence-electron chi connectivity index (χ1n) is 4.86. The summed E-state index contributed by atoms with van der Waals surface area (Å²) in [5, 5.41) is 6.31. The van der Waals surface area contributed by atoms with Crippen LogP contribution in [0.2, 0.25) is 0 Å². The molecule has 0 saturated heterocycles. The summed E-state index contributed by atoms with van der Waals surface area (Å²) in [5.74, 6) is 0. The van der Waals surface area contributed by atoms with Gasteiger partial charge in [-0.05, 0) is 19.2 Å². The van der Waals surface area contributed by atoms with E-state index in [0.717, 1.165) is 29.4 Å².